The van der Waals surface area contributed by atoms with Gasteiger partial charge in [0.25, 0.3) is 0 Å². The summed E-state index contributed by atoms with van der Waals surface area (Å²) in [5, 5.41) is 0.941. The number of aromatic nitrogens is 3. The van der Waals surface area contributed by atoms with Gasteiger partial charge in [0, 0.05) is 24.7 Å². The first-order chi connectivity index (χ1) is 13.7. The number of ether oxygens (including phenoxy) is 2. The third kappa shape index (κ3) is 4.03. The molecule has 0 radical (unpaired) electrons. The van der Waals surface area contributed by atoms with Crippen molar-refractivity contribution in [3.8, 4) is 11.4 Å². The fourth-order valence-electron chi connectivity index (χ4n) is 2.95. The van der Waals surface area contributed by atoms with E-state index in [1.807, 2.05) is 48.7 Å². The molecule has 0 fully saturated rings. The largest absolute Gasteiger partial charge is 0.468 e. The molecule has 2 heterocycles. The molecule has 0 saturated heterocycles. The Morgan fingerprint density at radius 2 is 1.89 bits per heavy atom. The van der Waals surface area contributed by atoms with Crippen LogP contribution in [0.5, 0.6) is 5.75 Å². The van der Waals surface area contributed by atoms with Crippen molar-refractivity contribution in [1.82, 2.24) is 14.5 Å². The van der Waals surface area contributed by atoms with Crippen LogP contribution in [0, 0.1) is 6.92 Å². The molecular weight excluding hydrogens is 370 g/mol. The Morgan fingerprint density at radius 1 is 1.04 bits per heavy atom. The van der Waals surface area contributed by atoms with E-state index in [2.05, 4.69) is 34.7 Å². The molecule has 6 heteroatoms. The molecule has 0 spiro atoms. The van der Waals surface area contributed by atoms with Crippen molar-refractivity contribution < 1.29 is 9.47 Å². The van der Waals surface area contributed by atoms with E-state index >= 15 is 0 Å². The van der Waals surface area contributed by atoms with Gasteiger partial charge in [0.1, 0.15) is 5.75 Å². The number of thioether (sulfide) groups is 1. The number of imidazole rings is 1. The maximum atomic E-state index is 5.51. The monoisotopic (exact) mass is 391 g/mol. The lowest BCUT2D eigenvalue weighted by molar-refractivity contribution is 0.0511. The Hall–Kier alpha value is -2.83. The van der Waals surface area contributed by atoms with E-state index in [-0.39, 0.29) is 6.79 Å². The number of hydrogen-bond acceptors (Lipinski definition) is 5. The van der Waals surface area contributed by atoms with Gasteiger partial charge in [-0.3, -0.25) is 9.55 Å². The molecule has 142 valence electrons. The van der Waals surface area contributed by atoms with Gasteiger partial charge in [-0.2, -0.15) is 0 Å². The molecule has 4 aromatic rings. The van der Waals surface area contributed by atoms with Gasteiger partial charge >= 0.3 is 0 Å². The number of pyridine rings is 1. The maximum Gasteiger partial charge on any atom is 0.188 e. The van der Waals surface area contributed by atoms with E-state index in [4.69, 9.17) is 14.5 Å². The summed E-state index contributed by atoms with van der Waals surface area (Å²) < 4.78 is 12.7. The minimum absolute atomic E-state index is 0.234. The number of rotatable bonds is 7. The molecule has 4 rings (SSSR count). The Morgan fingerprint density at radius 3 is 2.64 bits per heavy atom. The SMILES string of the molecule is COCOc1ccc(-n2c(SCc3ccccn3)nc3ccc(C)cc32)cc1. The summed E-state index contributed by atoms with van der Waals surface area (Å²) in [5.41, 5.74) is 5.35. The summed E-state index contributed by atoms with van der Waals surface area (Å²) in [7, 11) is 1.61. The van der Waals surface area contributed by atoms with Crippen molar-refractivity contribution >= 4 is 22.8 Å². The van der Waals surface area contributed by atoms with Gasteiger partial charge in [-0.1, -0.05) is 23.9 Å². The van der Waals surface area contributed by atoms with E-state index in [1.165, 1.54) is 5.56 Å². The summed E-state index contributed by atoms with van der Waals surface area (Å²) in [6.45, 7) is 2.33. The number of fused-ring (bicyclic) bond motifs is 1. The highest BCUT2D eigenvalue weighted by Crippen LogP contribution is 2.31. The normalized spacial score (nSPS) is 11.1. The zero-order valence-electron chi connectivity index (χ0n) is 15.8. The second-order valence-electron chi connectivity index (χ2n) is 6.38. The van der Waals surface area contributed by atoms with Crippen LogP contribution in [-0.4, -0.2) is 28.4 Å². The lowest BCUT2D eigenvalue weighted by Crippen LogP contribution is -2.00. The molecule has 2 aromatic heterocycles. The van der Waals surface area contributed by atoms with E-state index in [1.54, 1.807) is 18.9 Å². The molecule has 28 heavy (non-hydrogen) atoms. The predicted molar refractivity (Wildman–Crippen MR) is 112 cm³/mol. The average molecular weight is 391 g/mol. The van der Waals surface area contributed by atoms with Crippen molar-refractivity contribution in [3.05, 3.63) is 78.1 Å². The summed E-state index contributed by atoms with van der Waals surface area (Å²) in [6.07, 6.45) is 1.82. The lowest BCUT2D eigenvalue weighted by Gasteiger charge is -2.11. The fourth-order valence-corrected chi connectivity index (χ4v) is 3.89. The molecular formula is C22H21N3O2S. The van der Waals surface area contributed by atoms with Crippen LogP contribution in [0.15, 0.2) is 72.0 Å². The van der Waals surface area contributed by atoms with E-state index in [0.717, 1.165) is 39.1 Å². The minimum Gasteiger partial charge on any atom is -0.468 e. The third-order valence-corrected chi connectivity index (χ3v) is 5.27. The molecule has 0 saturated carbocycles. The lowest BCUT2D eigenvalue weighted by atomic mass is 10.2. The van der Waals surface area contributed by atoms with Crippen molar-refractivity contribution in [3.63, 3.8) is 0 Å². The number of benzene rings is 2. The van der Waals surface area contributed by atoms with Crippen LogP contribution in [0.3, 0.4) is 0 Å². The highest BCUT2D eigenvalue weighted by Gasteiger charge is 2.14. The smallest absolute Gasteiger partial charge is 0.188 e. The molecule has 0 aliphatic rings. The fraction of sp³-hybridized carbons (Fsp3) is 0.182. The van der Waals surface area contributed by atoms with Gasteiger partial charge < -0.3 is 9.47 Å². The first-order valence-electron chi connectivity index (χ1n) is 8.98. The first-order valence-corrected chi connectivity index (χ1v) is 9.97. The maximum absolute atomic E-state index is 5.51. The third-order valence-electron chi connectivity index (χ3n) is 4.29. The predicted octanol–water partition coefficient (Wildman–Crippen LogP) is 5.00. The Labute approximate surface area is 168 Å². The van der Waals surface area contributed by atoms with Crippen LogP contribution < -0.4 is 4.74 Å². The average Bonchev–Trinajstić information content (AvgIpc) is 3.09. The number of aryl methyl sites for hydroxylation is 1. The van der Waals surface area contributed by atoms with Gasteiger partial charge in [-0.15, -0.1) is 0 Å². The molecule has 5 nitrogen and oxygen atoms in total. The quantitative estimate of drug-likeness (QED) is 0.328. The summed E-state index contributed by atoms with van der Waals surface area (Å²) in [6, 6.07) is 20.3. The van der Waals surface area contributed by atoms with Crippen LogP contribution >= 0.6 is 11.8 Å². The molecule has 2 aromatic carbocycles. The van der Waals surface area contributed by atoms with E-state index < -0.39 is 0 Å². The van der Waals surface area contributed by atoms with E-state index in [9.17, 15) is 0 Å². The second-order valence-corrected chi connectivity index (χ2v) is 7.32. The first kappa shape index (κ1) is 18.5. The van der Waals surface area contributed by atoms with Gasteiger partial charge in [-0.05, 0) is 61.0 Å². The second kappa shape index (κ2) is 8.46. The van der Waals surface area contributed by atoms with E-state index in [0.29, 0.717) is 0 Å². The van der Waals surface area contributed by atoms with Crippen molar-refractivity contribution in [2.75, 3.05) is 13.9 Å². The van der Waals surface area contributed by atoms with Crippen LogP contribution in [-0.2, 0) is 10.5 Å². The molecule has 0 atom stereocenters. The molecule has 0 unspecified atom stereocenters. The zero-order chi connectivity index (χ0) is 19.3. The molecule has 0 aliphatic heterocycles. The number of nitrogens with zero attached hydrogens (tertiary/aromatic N) is 3. The number of hydrogen-bond donors (Lipinski definition) is 0. The summed E-state index contributed by atoms with van der Waals surface area (Å²) in [5.74, 6) is 1.53. The van der Waals surface area contributed by atoms with Gasteiger partial charge in [0.15, 0.2) is 11.9 Å². The molecule has 0 N–H and O–H groups in total. The highest BCUT2D eigenvalue weighted by atomic mass is 32.2. The topological polar surface area (TPSA) is 49.2 Å². The summed E-state index contributed by atoms with van der Waals surface area (Å²) in [4.78, 5) is 9.28. The Bertz CT molecular complexity index is 1060. The molecule has 0 aliphatic carbocycles. The zero-order valence-corrected chi connectivity index (χ0v) is 16.6. The van der Waals surface area contributed by atoms with Crippen LogP contribution in [0.1, 0.15) is 11.3 Å². The standard InChI is InChI=1S/C22H21N3O2S/c1-16-6-11-20-21(13-16)25(18-7-9-19(10-8-18)27-15-26-2)22(24-20)28-14-17-5-3-4-12-23-17/h3-13H,14-15H2,1-2H3. The Balaban J connectivity index is 1.71. The molecule has 0 bridgehead atoms. The van der Waals surface area contributed by atoms with Gasteiger partial charge in [0.2, 0.25) is 0 Å². The van der Waals surface area contributed by atoms with Gasteiger partial charge in [0.05, 0.1) is 16.7 Å². The van der Waals surface area contributed by atoms with Crippen LogP contribution in [0.2, 0.25) is 0 Å². The number of methoxy groups -OCH3 is 1. The van der Waals surface area contributed by atoms with Gasteiger partial charge in [-0.25, -0.2) is 4.98 Å². The van der Waals surface area contributed by atoms with Crippen molar-refractivity contribution in [2.24, 2.45) is 0 Å². The molecule has 0 amide bonds. The van der Waals surface area contributed by atoms with Crippen LogP contribution in [0.25, 0.3) is 16.7 Å². The summed E-state index contributed by atoms with van der Waals surface area (Å²) >= 11 is 1.68. The highest BCUT2D eigenvalue weighted by molar-refractivity contribution is 7.98. The van der Waals surface area contributed by atoms with Crippen molar-refractivity contribution in [1.29, 1.82) is 0 Å². The minimum atomic E-state index is 0.234. The van der Waals surface area contributed by atoms with Crippen LogP contribution in [0.4, 0.5) is 0 Å². The Kier molecular flexibility index (Phi) is 5.60. The van der Waals surface area contributed by atoms with Crippen molar-refractivity contribution in [2.45, 2.75) is 17.8 Å².